The molecule has 0 bridgehead atoms. The van der Waals surface area contributed by atoms with Crippen LogP contribution in [0.15, 0.2) is 12.3 Å². The quantitative estimate of drug-likeness (QED) is 0.802. The van der Waals surface area contributed by atoms with Crippen molar-refractivity contribution < 1.29 is 9.47 Å². The molecule has 98 valence electrons. The first-order valence-corrected chi connectivity index (χ1v) is 5.94. The van der Waals surface area contributed by atoms with E-state index in [4.69, 9.17) is 26.8 Å². The average molecular weight is 271 g/mol. The molecule has 0 amide bonds. The topological polar surface area (TPSA) is 75.2 Å². The summed E-state index contributed by atoms with van der Waals surface area (Å²) < 4.78 is 12.1. The third-order valence-corrected chi connectivity index (χ3v) is 2.68. The van der Waals surface area contributed by atoms with Crippen LogP contribution in [0.5, 0.6) is 0 Å². The van der Waals surface area contributed by atoms with Crippen molar-refractivity contribution in [3.63, 3.8) is 0 Å². The van der Waals surface area contributed by atoms with E-state index in [1.807, 2.05) is 0 Å². The number of hydrogen-bond acceptors (Lipinski definition) is 5. The van der Waals surface area contributed by atoms with Gasteiger partial charge in [-0.05, 0) is 6.07 Å². The summed E-state index contributed by atoms with van der Waals surface area (Å²) >= 11 is 5.85. The molecule has 0 aromatic carbocycles. The number of anilines is 1. The van der Waals surface area contributed by atoms with Crippen LogP contribution in [-0.4, -0.2) is 41.5 Å². The van der Waals surface area contributed by atoms with Crippen LogP contribution in [0.2, 0.25) is 5.02 Å². The number of fused-ring (bicyclic) bond motifs is 1. The van der Waals surface area contributed by atoms with Crippen molar-refractivity contribution in [1.29, 1.82) is 0 Å². The van der Waals surface area contributed by atoms with Gasteiger partial charge in [-0.15, -0.1) is 0 Å². The molecular weight excluding hydrogens is 256 g/mol. The smallest absolute Gasteiger partial charge is 0.202 e. The molecule has 2 aromatic rings. The summed E-state index contributed by atoms with van der Waals surface area (Å²) in [5.74, 6) is 0.412. The lowest BCUT2D eigenvalue weighted by Crippen LogP contribution is -2.11. The minimum absolute atomic E-state index is 0.412. The van der Waals surface area contributed by atoms with Crippen LogP contribution in [0.25, 0.3) is 11.2 Å². The van der Waals surface area contributed by atoms with Gasteiger partial charge in [0.05, 0.1) is 31.4 Å². The number of imidazole rings is 1. The van der Waals surface area contributed by atoms with Crippen LogP contribution in [0.4, 0.5) is 5.95 Å². The number of nitrogens with two attached hydrogens (primary N) is 1. The third-order valence-electron chi connectivity index (χ3n) is 2.47. The van der Waals surface area contributed by atoms with Crippen LogP contribution >= 0.6 is 11.6 Å². The zero-order valence-corrected chi connectivity index (χ0v) is 10.9. The number of rotatable bonds is 6. The zero-order valence-electron chi connectivity index (χ0n) is 10.1. The van der Waals surface area contributed by atoms with E-state index in [9.17, 15) is 0 Å². The summed E-state index contributed by atoms with van der Waals surface area (Å²) in [6, 6.07) is 1.74. The van der Waals surface area contributed by atoms with Crippen molar-refractivity contribution in [3.05, 3.63) is 17.3 Å². The Hall–Kier alpha value is -1.37. The second-order valence-electron chi connectivity index (χ2n) is 3.72. The molecule has 7 heteroatoms. The predicted molar refractivity (Wildman–Crippen MR) is 69.6 cm³/mol. The lowest BCUT2D eigenvalue weighted by molar-refractivity contribution is 0.0671. The molecule has 0 aliphatic carbocycles. The van der Waals surface area contributed by atoms with Gasteiger partial charge in [-0.1, -0.05) is 11.6 Å². The first-order valence-electron chi connectivity index (χ1n) is 5.56. The maximum atomic E-state index is 5.85. The number of pyridine rings is 1. The fraction of sp³-hybridized carbons (Fsp3) is 0.455. The molecule has 2 rings (SSSR count). The average Bonchev–Trinajstić information content (AvgIpc) is 2.64. The van der Waals surface area contributed by atoms with E-state index in [1.165, 1.54) is 0 Å². The monoisotopic (exact) mass is 270 g/mol. The summed E-state index contributed by atoms with van der Waals surface area (Å²) in [7, 11) is 1.64. The third kappa shape index (κ3) is 2.90. The van der Waals surface area contributed by atoms with Crippen molar-refractivity contribution in [3.8, 4) is 0 Å². The van der Waals surface area contributed by atoms with Gasteiger partial charge >= 0.3 is 0 Å². The normalized spacial score (nSPS) is 11.2. The molecule has 18 heavy (non-hydrogen) atoms. The molecule has 2 N–H and O–H groups in total. The molecule has 0 atom stereocenters. The van der Waals surface area contributed by atoms with Crippen molar-refractivity contribution in [2.75, 3.05) is 32.7 Å². The van der Waals surface area contributed by atoms with Crippen LogP contribution < -0.4 is 5.73 Å². The van der Waals surface area contributed by atoms with Gasteiger partial charge in [0.1, 0.15) is 5.52 Å². The van der Waals surface area contributed by atoms with Crippen LogP contribution in [0.1, 0.15) is 0 Å². The Morgan fingerprint density at radius 3 is 3.00 bits per heavy atom. The highest BCUT2D eigenvalue weighted by atomic mass is 35.5. The molecule has 0 fully saturated rings. The highest BCUT2D eigenvalue weighted by Gasteiger charge is 2.09. The lowest BCUT2D eigenvalue weighted by Gasteiger charge is -2.06. The maximum absolute atomic E-state index is 5.85. The maximum Gasteiger partial charge on any atom is 0.202 e. The van der Waals surface area contributed by atoms with E-state index in [0.29, 0.717) is 48.5 Å². The zero-order chi connectivity index (χ0) is 13.0. The van der Waals surface area contributed by atoms with Gasteiger partial charge in [0.15, 0.2) is 5.65 Å². The molecule has 2 heterocycles. The number of nitrogen functional groups attached to an aromatic ring is 1. The Morgan fingerprint density at radius 1 is 1.39 bits per heavy atom. The number of ether oxygens (including phenoxy) is 2. The van der Waals surface area contributed by atoms with E-state index < -0.39 is 0 Å². The van der Waals surface area contributed by atoms with E-state index in [1.54, 1.807) is 23.9 Å². The molecule has 2 aromatic heterocycles. The molecule has 0 saturated carbocycles. The van der Waals surface area contributed by atoms with Gasteiger partial charge in [-0.3, -0.25) is 4.57 Å². The first-order chi connectivity index (χ1) is 8.72. The van der Waals surface area contributed by atoms with Crippen molar-refractivity contribution in [2.45, 2.75) is 6.54 Å². The second kappa shape index (κ2) is 5.99. The van der Waals surface area contributed by atoms with Crippen LogP contribution in [0.3, 0.4) is 0 Å². The number of methoxy groups -OCH3 is 1. The number of hydrogen-bond donors (Lipinski definition) is 1. The van der Waals surface area contributed by atoms with Crippen LogP contribution in [-0.2, 0) is 16.0 Å². The Morgan fingerprint density at radius 2 is 2.22 bits per heavy atom. The van der Waals surface area contributed by atoms with Gasteiger partial charge < -0.3 is 15.2 Å². The minimum Gasteiger partial charge on any atom is -0.382 e. The van der Waals surface area contributed by atoms with E-state index in [-0.39, 0.29) is 0 Å². The highest BCUT2D eigenvalue weighted by Crippen LogP contribution is 2.18. The summed E-state index contributed by atoms with van der Waals surface area (Å²) in [6.07, 6.45) is 1.58. The lowest BCUT2D eigenvalue weighted by atomic mass is 10.4. The molecule has 0 unspecified atom stereocenters. The van der Waals surface area contributed by atoms with Crippen molar-refractivity contribution >= 4 is 28.7 Å². The van der Waals surface area contributed by atoms with Gasteiger partial charge in [-0.25, -0.2) is 9.97 Å². The van der Waals surface area contributed by atoms with Gasteiger partial charge in [-0.2, -0.15) is 0 Å². The molecule has 6 nitrogen and oxygen atoms in total. The van der Waals surface area contributed by atoms with E-state index in [0.717, 1.165) is 0 Å². The Balaban J connectivity index is 2.05. The fourth-order valence-electron chi connectivity index (χ4n) is 1.62. The molecule has 0 aliphatic heterocycles. The predicted octanol–water partition coefficient (Wildman–Crippen LogP) is 1.33. The van der Waals surface area contributed by atoms with Gasteiger partial charge in [0.25, 0.3) is 0 Å². The molecule has 0 radical (unpaired) electrons. The molecule has 0 spiro atoms. The van der Waals surface area contributed by atoms with Crippen molar-refractivity contribution in [1.82, 2.24) is 14.5 Å². The molecular formula is C11H15ClN4O2. The van der Waals surface area contributed by atoms with E-state index in [2.05, 4.69) is 9.97 Å². The Labute approximate surface area is 110 Å². The fourth-order valence-corrected chi connectivity index (χ4v) is 1.78. The number of nitrogens with zero attached hydrogens (tertiary/aromatic N) is 3. The largest absolute Gasteiger partial charge is 0.382 e. The number of halogens is 1. The molecule has 0 saturated heterocycles. The highest BCUT2D eigenvalue weighted by molar-refractivity contribution is 6.31. The first kappa shape index (κ1) is 13.1. The Kier molecular flexibility index (Phi) is 4.35. The summed E-state index contributed by atoms with van der Waals surface area (Å²) in [6.45, 7) is 2.26. The minimum atomic E-state index is 0.412. The second-order valence-corrected chi connectivity index (χ2v) is 4.16. The number of aromatic nitrogens is 3. The summed E-state index contributed by atoms with van der Waals surface area (Å²) in [4.78, 5) is 8.43. The van der Waals surface area contributed by atoms with Crippen molar-refractivity contribution in [2.24, 2.45) is 0 Å². The van der Waals surface area contributed by atoms with E-state index >= 15 is 0 Å². The summed E-state index contributed by atoms with van der Waals surface area (Å²) in [5.41, 5.74) is 7.24. The van der Waals surface area contributed by atoms with Gasteiger partial charge in [0, 0.05) is 13.3 Å². The van der Waals surface area contributed by atoms with Crippen LogP contribution in [0, 0.1) is 0 Å². The molecule has 0 aliphatic rings. The van der Waals surface area contributed by atoms with Gasteiger partial charge in [0.2, 0.25) is 5.95 Å². The summed E-state index contributed by atoms with van der Waals surface area (Å²) in [5, 5.41) is 0.545. The standard InChI is InChI=1S/C11H15ClN4O2/c1-17-4-5-18-3-2-16-10-9(15-11(16)13)6-8(12)7-14-10/h6-7H,2-5H2,1H3,(H2,13,15). The Bertz CT molecular complexity index is 529. The SMILES string of the molecule is COCCOCCn1c(N)nc2cc(Cl)cnc21.